The number of benzene rings is 1. The van der Waals surface area contributed by atoms with Gasteiger partial charge in [0.05, 0.1) is 18.8 Å². The van der Waals surface area contributed by atoms with Gasteiger partial charge in [0.15, 0.2) is 5.82 Å². The summed E-state index contributed by atoms with van der Waals surface area (Å²) in [6.45, 7) is 0.878. The number of terminal acetylenes is 1. The van der Waals surface area contributed by atoms with Crippen molar-refractivity contribution < 1.29 is 8.91 Å². The van der Waals surface area contributed by atoms with Crippen LogP contribution in [-0.2, 0) is 12.3 Å². The van der Waals surface area contributed by atoms with Crippen LogP contribution in [0.5, 0.6) is 0 Å². The van der Waals surface area contributed by atoms with Crippen LogP contribution in [0.4, 0.5) is 4.39 Å². The molecular weight excluding hydrogens is 265 g/mol. The van der Waals surface area contributed by atoms with Gasteiger partial charge in [-0.3, -0.25) is 5.32 Å². The van der Waals surface area contributed by atoms with Crippen LogP contribution in [0.25, 0.3) is 0 Å². The second-order valence-electron chi connectivity index (χ2n) is 3.63. The van der Waals surface area contributed by atoms with Gasteiger partial charge in [-0.1, -0.05) is 23.2 Å². The molecule has 1 N–H and O–H groups in total. The number of rotatable bonds is 6. The minimum Gasteiger partial charge on any atom is -0.338 e. The lowest BCUT2D eigenvalue weighted by Crippen LogP contribution is -2.13. The van der Waals surface area contributed by atoms with Crippen molar-refractivity contribution >= 4 is 11.8 Å². The van der Waals surface area contributed by atoms with Crippen molar-refractivity contribution in [3.05, 3.63) is 41.8 Å². The first-order chi connectivity index (χ1) is 9.29. The van der Waals surface area contributed by atoms with Crippen molar-refractivity contribution in [2.45, 2.75) is 17.2 Å². The highest BCUT2D eigenvalue weighted by Gasteiger charge is 2.08. The number of halogens is 1. The highest BCUT2D eigenvalue weighted by atomic mass is 32.2. The highest BCUT2D eigenvalue weighted by molar-refractivity contribution is 7.98. The SMILES string of the molecule is C#CCNCc1nc(CSc2ccccc2F)no1. The quantitative estimate of drug-likeness (QED) is 0.498. The molecule has 0 spiro atoms. The third kappa shape index (κ3) is 4.09. The number of nitrogens with zero attached hydrogens (tertiary/aromatic N) is 2. The Morgan fingerprint density at radius 2 is 2.26 bits per heavy atom. The van der Waals surface area contributed by atoms with Crippen molar-refractivity contribution in [1.82, 2.24) is 15.5 Å². The Morgan fingerprint density at radius 1 is 1.42 bits per heavy atom. The molecule has 4 nitrogen and oxygen atoms in total. The fourth-order valence-corrected chi connectivity index (χ4v) is 2.15. The lowest BCUT2D eigenvalue weighted by molar-refractivity contribution is 0.366. The normalized spacial score (nSPS) is 10.3. The molecule has 6 heteroatoms. The molecule has 98 valence electrons. The molecule has 0 fully saturated rings. The number of hydrogen-bond acceptors (Lipinski definition) is 5. The molecule has 1 aromatic heterocycles. The molecule has 2 aromatic rings. The second kappa shape index (κ2) is 6.92. The summed E-state index contributed by atoms with van der Waals surface area (Å²) in [6.07, 6.45) is 5.11. The largest absolute Gasteiger partial charge is 0.338 e. The molecule has 2 rings (SSSR count). The summed E-state index contributed by atoms with van der Waals surface area (Å²) in [7, 11) is 0. The van der Waals surface area contributed by atoms with Gasteiger partial charge in [0, 0.05) is 4.90 Å². The number of nitrogens with one attached hydrogen (secondary N) is 1. The molecule has 0 amide bonds. The molecule has 0 bridgehead atoms. The fourth-order valence-electron chi connectivity index (χ4n) is 1.37. The van der Waals surface area contributed by atoms with Gasteiger partial charge in [-0.2, -0.15) is 4.98 Å². The number of aromatic nitrogens is 2. The first-order valence-electron chi connectivity index (χ1n) is 5.62. The average Bonchev–Trinajstić information content (AvgIpc) is 2.86. The van der Waals surface area contributed by atoms with E-state index in [-0.39, 0.29) is 5.82 Å². The monoisotopic (exact) mass is 277 g/mol. The molecule has 0 saturated carbocycles. The Kier molecular flexibility index (Phi) is 4.95. The molecule has 0 radical (unpaired) electrons. The Hall–Kier alpha value is -1.84. The Morgan fingerprint density at radius 3 is 3.05 bits per heavy atom. The van der Waals surface area contributed by atoms with Gasteiger partial charge in [-0.25, -0.2) is 4.39 Å². The predicted molar refractivity (Wildman–Crippen MR) is 70.8 cm³/mol. The van der Waals surface area contributed by atoms with Crippen LogP contribution in [0.15, 0.2) is 33.7 Å². The second-order valence-corrected chi connectivity index (χ2v) is 4.65. The predicted octanol–water partition coefficient (Wildman–Crippen LogP) is 2.22. The van der Waals surface area contributed by atoms with Gasteiger partial charge < -0.3 is 4.52 Å². The van der Waals surface area contributed by atoms with Crippen LogP contribution in [0, 0.1) is 18.2 Å². The van der Waals surface area contributed by atoms with Gasteiger partial charge in [0.25, 0.3) is 0 Å². The summed E-state index contributed by atoms with van der Waals surface area (Å²) in [5.41, 5.74) is 0. The molecule has 0 atom stereocenters. The molecule has 1 heterocycles. The lowest BCUT2D eigenvalue weighted by Gasteiger charge is -1.99. The Labute approximate surface area is 114 Å². The van der Waals surface area contributed by atoms with Gasteiger partial charge in [-0.05, 0) is 12.1 Å². The Bertz CT molecular complexity index is 579. The van der Waals surface area contributed by atoms with Crippen molar-refractivity contribution in [2.24, 2.45) is 0 Å². The van der Waals surface area contributed by atoms with E-state index in [0.717, 1.165) is 0 Å². The summed E-state index contributed by atoms with van der Waals surface area (Å²) in [4.78, 5) is 4.74. The maximum Gasteiger partial charge on any atom is 0.240 e. The van der Waals surface area contributed by atoms with Gasteiger partial charge in [0.1, 0.15) is 5.82 Å². The summed E-state index contributed by atoms with van der Waals surface area (Å²) in [5, 5.41) is 6.77. The van der Waals surface area contributed by atoms with Gasteiger partial charge in [0.2, 0.25) is 5.89 Å². The summed E-state index contributed by atoms with van der Waals surface area (Å²) >= 11 is 1.33. The van der Waals surface area contributed by atoms with Crippen molar-refractivity contribution in [3.63, 3.8) is 0 Å². The molecule has 0 unspecified atom stereocenters. The third-order valence-electron chi connectivity index (χ3n) is 2.21. The molecule has 0 aliphatic rings. The first-order valence-corrected chi connectivity index (χ1v) is 6.61. The van der Waals surface area contributed by atoms with E-state index in [1.165, 1.54) is 17.8 Å². The van der Waals surface area contributed by atoms with E-state index >= 15 is 0 Å². The van der Waals surface area contributed by atoms with Crippen LogP contribution in [0.3, 0.4) is 0 Å². The third-order valence-corrected chi connectivity index (χ3v) is 3.25. The maximum atomic E-state index is 13.4. The van der Waals surface area contributed by atoms with Crippen molar-refractivity contribution in [3.8, 4) is 12.3 Å². The smallest absolute Gasteiger partial charge is 0.240 e. The van der Waals surface area contributed by atoms with E-state index in [4.69, 9.17) is 10.9 Å². The van der Waals surface area contributed by atoms with Crippen molar-refractivity contribution in [1.29, 1.82) is 0 Å². The molecular formula is C13H12FN3OS. The first kappa shape index (κ1) is 13.6. The fraction of sp³-hybridized carbons (Fsp3) is 0.231. The summed E-state index contributed by atoms with van der Waals surface area (Å²) < 4.78 is 18.4. The molecule has 1 aromatic carbocycles. The van der Waals surface area contributed by atoms with Gasteiger partial charge >= 0.3 is 0 Å². The minimum atomic E-state index is -0.244. The molecule has 0 aliphatic carbocycles. The van der Waals surface area contributed by atoms with Crippen LogP contribution < -0.4 is 5.32 Å². The van der Waals surface area contributed by atoms with E-state index in [2.05, 4.69) is 21.4 Å². The molecule has 0 aliphatic heterocycles. The summed E-state index contributed by atoms with van der Waals surface area (Å²) in [5.74, 6) is 3.67. The van der Waals surface area contributed by atoms with E-state index in [0.29, 0.717) is 35.5 Å². The lowest BCUT2D eigenvalue weighted by atomic mass is 10.3. The number of thioether (sulfide) groups is 1. The van der Waals surface area contributed by atoms with E-state index < -0.39 is 0 Å². The van der Waals surface area contributed by atoms with E-state index in [9.17, 15) is 4.39 Å². The minimum absolute atomic E-state index is 0.244. The summed E-state index contributed by atoms with van der Waals surface area (Å²) in [6, 6.07) is 6.59. The molecule has 0 saturated heterocycles. The zero-order valence-electron chi connectivity index (χ0n) is 10.1. The van der Waals surface area contributed by atoms with Crippen molar-refractivity contribution in [2.75, 3.05) is 6.54 Å². The van der Waals surface area contributed by atoms with Crippen LogP contribution in [0.2, 0.25) is 0 Å². The maximum absolute atomic E-state index is 13.4. The zero-order valence-corrected chi connectivity index (χ0v) is 10.9. The topological polar surface area (TPSA) is 51.0 Å². The average molecular weight is 277 g/mol. The van der Waals surface area contributed by atoms with Crippen LogP contribution >= 0.6 is 11.8 Å². The number of hydrogen-bond donors (Lipinski definition) is 1. The van der Waals surface area contributed by atoms with E-state index in [1.54, 1.807) is 18.2 Å². The zero-order chi connectivity index (χ0) is 13.5. The molecule has 19 heavy (non-hydrogen) atoms. The van der Waals surface area contributed by atoms with Crippen LogP contribution in [0.1, 0.15) is 11.7 Å². The highest BCUT2D eigenvalue weighted by Crippen LogP contribution is 2.23. The van der Waals surface area contributed by atoms with E-state index in [1.807, 2.05) is 0 Å². The van der Waals surface area contributed by atoms with Crippen LogP contribution in [-0.4, -0.2) is 16.7 Å². The standard InChI is InChI=1S/C13H12FN3OS/c1-2-7-15-8-13-16-12(17-18-13)9-19-11-6-4-3-5-10(11)14/h1,3-6,15H,7-9H2. The van der Waals surface area contributed by atoms with Gasteiger partial charge in [-0.15, -0.1) is 18.2 Å². The Balaban J connectivity index is 1.87.